The maximum absolute atomic E-state index is 13.2. The van der Waals surface area contributed by atoms with Gasteiger partial charge in [-0.05, 0) is 160 Å². The lowest BCUT2D eigenvalue weighted by atomic mass is 10.1. The number of aryl methyl sites for hydroxylation is 1. The van der Waals surface area contributed by atoms with Crippen molar-refractivity contribution in [3.8, 4) is 28.7 Å². The number of methoxy groups -OCH3 is 2. The zero-order valence-electron chi connectivity index (χ0n) is 66.2. The summed E-state index contributed by atoms with van der Waals surface area (Å²) >= 11 is 5.56. The second kappa shape index (κ2) is 44.6. The maximum atomic E-state index is 13.2. The molecule has 0 aliphatic carbocycles. The van der Waals surface area contributed by atoms with Crippen molar-refractivity contribution in [3.63, 3.8) is 0 Å². The fourth-order valence-electron chi connectivity index (χ4n) is 10.9. The molecule has 0 radical (unpaired) electrons. The quantitative estimate of drug-likeness (QED) is 0.0211. The van der Waals surface area contributed by atoms with Gasteiger partial charge in [0, 0.05) is 80.7 Å². The van der Waals surface area contributed by atoms with Gasteiger partial charge in [-0.3, -0.25) is 4.55 Å². The number of hydrogen-bond donors (Lipinski definition) is 8. The minimum Gasteiger partial charge on any atom is -0.508 e. The minimum atomic E-state index is -4.02. The number of nitrogens with zero attached hydrogens (tertiary/aromatic N) is 5. The van der Waals surface area contributed by atoms with Gasteiger partial charge in [0.15, 0.2) is 27.9 Å². The van der Waals surface area contributed by atoms with Crippen LogP contribution in [-0.4, -0.2) is 121 Å². The van der Waals surface area contributed by atoms with E-state index in [-0.39, 0.29) is 47.9 Å². The second-order valence-corrected chi connectivity index (χ2v) is 29.0. The molecule has 10 aromatic carbocycles. The summed E-state index contributed by atoms with van der Waals surface area (Å²) in [6.07, 6.45) is 3.84. The average Bonchev–Trinajstić information content (AvgIpc) is 1.70. The highest BCUT2D eigenvalue weighted by Gasteiger charge is 2.18. The summed E-state index contributed by atoms with van der Waals surface area (Å²) in [6, 6.07) is 75.2. The second-order valence-electron chi connectivity index (χ2n) is 27.2. The number of halogens is 3. The van der Waals surface area contributed by atoms with Gasteiger partial charge in [-0.15, -0.1) is 0 Å². The van der Waals surface area contributed by atoms with Crippen LogP contribution in [-0.2, 0) is 40.5 Å². The van der Waals surface area contributed by atoms with Crippen LogP contribution >= 0.6 is 11.6 Å². The van der Waals surface area contributed by atoms with Crippen molar-refractivity contribution in [2.45, 2.75) is 63.9 Å². The molecule has 0 atom stereocenters. The van der Waals surface area contributed by atoms with E-state index in [0.717, 1.165) is 90.0 Å². The molecule has 1 amide bonds. The number of aromatic nitrogens is 5. The first-order valence-corrected chi connectivity index (χ1v) is 39.5. The molecule has 9 N–H and O–H groups in total. The summed E-state index contributed by atoms with van der Waals surface area (Å²) in [5, 5.41) is 24.7. The molecule has 0 aliphatic heterocycles. The Morgan fingerprint density at radius 2 is 0.807 bits per heavy atom. The van der Waals surface area contributed by atoms with Gasteiger partial charge < -0.3 is 83.2 Å². The minimum absolute atomic E-state index is 0.0224. The van der Waals surface area contributed by atoms with Crippen molar-refractivity contribution in [1.29, 1.82) is 0 Å². The summed E-state index contributed by atoms with van der Waals surface area (Å²) in [5.41, 5.74) is 18.3. The molecule has 15 aromatic rings. The molecule has 5 heterocycles. The molecule has 0 saturated carbocycles. The van der Waals surface area contributed by atoms with Crippen molar-refractivity contribution < 1.29 is 77.4 Å². The van der Waals surface area contributed by atoms with Gasteiger partial charge in [-0.1, -0.05) is 139 Å². The largest absolute Gasteiger partial charge is 0.508 e. The van der Waals surface area contributed by atoms with Crippen LogP contribution < -0.4 is 51.3 Å². The molecule has 0 saturated heterocycles. The molecule has 15 rings (SSSR count). The standard InChI is InChI=1S/C24H28FN3O4.C19H20FN3O2.C16H16N2O2.C15H14N2O2.C8H6ClNO2.C7H8O3S/c1-24(2,3)32-23(29)27-15-18(14-25)16-30-19-9-10-20-21(13-19)31-22(28-20)26-12-11-17-7-5-4-6-8-17;20-11-15(12-21)13-24-16-6-7-17-18(10-16)25-19(23-17)22-9-8-14-4-2-1-3-5-14;1-19-13-7-8-14-15(11-13)20-16(18-14)17-10-9-12-5-3-2-4-6-12;18-12-6-7-13-14(10-12)19-15(17-13)16-9-8-11-4-2-1-3-5-11;1-11-5-2-3-6-7(4-5)12-8(9)10-6;1-6-2-4-7(5-3-6)11(8,9)10/h4-10,13-14H,11-12,15-16H2,1-3H3,(H,26,28)(H,27,29);1-7,10-11H,8-9,12-13,21H2,(H,22,23);2-8,11H,9-10H2,1H3,(H,17,18);1-7,10,18H,8-9H2,(H,16,17);2-4H,1H3;2-5H,1H3,(H,8,9,10)/b18-14+;15-11+;;;;. The molecule has 0 unspecified atom stereocenters. The Kier molecular flexibility index (Phi) is 32.9. The van der Waals surface area contributed by atoms with E-state index in [1.54, 1.807) is 120 Å². The molecule has 26 nitrogen and oxygen atoms in total. The van der Waals surface area contributed by atoms with Gasteiger partial charge in [0.05, 0.1) is 31.8 Å². The first-order valence-electron chi connectivity index (χ1n) is 37.7. The average molecular weight is 1660 g/mol. The van der Waals surface area contributed by atoms with Gasteiger partial charge in [0.25, 0.3) is 39.5 Å². The Morgan fingerprint density at radius 3 is 1.16 bits per heavy atom. The third-order valence-electron chi connectivity index (χ3n) is 17.0. The van der Waals surface area contributed by atoms with E-state index in [1.165, 1.54) is 34.4 Å². The first-order chi connectivity index (χ1) is 57.5. The third-order valence-corrected chi connectivity index (χ3v) is 18.0. The predicted molar refractivity (Wildman–Crippen MR) is 458 cm³/mol. The molecular formula is C89H92ClF2N11O15S. The van der Waals surface area contributed by atoms with Gasteiger partial charge in [-0.2, -0.15) is 33.3 Å². The summed E-state index contributed by atoms with van der Waals surface area (Å²) < 4.78 is 109. The van der Waals surface area contributed by atoms with Crippen LogP contribution in [0.2, 0.25) is 5.35 Å². The van der Waals surface area contributed by atoms with E-state index in [2.05, 4.69) is 100 Å². The number of carbonyl (C=O) groups is 1. The van der Waals surface area contributed by atoms with E-state index < -0.39 is 21.8 Å². The van der Waals surface area contributed by atoms with E-state index >= 15 is 0 Å². The molecule has 5 aromatic heterocycles. The van der Waals surface area contributed by atoms with E-state index in [0.29, 0.717) is 88.2 Å². The fraction of sp³-hybridized carbons (Fsp3) is 0.213. The van der Waals surface area contributed by atoms with Crippen LogP contribution in [0.15, 0.2) is 287 Å². The van der Waals surface area contributed by atoms with E-state index in [9.17, 15) is 27.1 Å². The Hall–Kier alpha value is -13.5. The van der Waals surface area contributed by atoms with Crippen LogP contribution in [0.3, 0.4) is 0 Å². The number of hydrogen-bond acceptors (Lipinski definition) is 24. The number of alkyl carbamates (subject to hydrolysis) is 1. The van der Waals surface area contributed by atoms with Crippen molar-refractivity contribution in [2.75, 3.05) is 88.0 Å². The number of amides is 1. The van der Waals surface area contributed by atoms with Crippen LogP contribution in [0.25, 0.3) is 55.5 Å². The smallest absolute Gasteiger partial charge is 0.407 e. The number of phenols is 1. The number of oxazole rings is 5. The highest BCUT2D eigenvalue weighted by molar-refractivity contribution is 7.85. The number of carbonyl (C=O) groups excluding carboxylic acids is 1. The van der Waals surface area contributed by atoms with Crippen LogP contribution in [0.4, 0.5) is 37.6 Å². The molecule has 0 aliphatic rings. The summed E-state index contributed by atoms with van der Waals surface area (Å²) in [4.78, 5) is 33.1. The Balaban J connectivity index is 0.000000155. The highest BCUT2D eigenvalue weighted by Crippen LogP contribution is 2.29. The number of benzene rings is 10. The highest BCUT2D eigenvalue weighted by atomic mass is 35.5. The van der Waals surface area contributed by atoms with Crippen LogP contribution in [0.5, 0.6) is 28.7 Å². The Morgan fingerprint density at radius 1 is 0.471 bits per heavy atom. The lowest BCUT2D eigenvalue weighted by Gasteiger charge is -2.20. The predicted octanol–water partition coefficient (Wildman–Crippen LogP) is 19.3. The van der Waals surface area contributed by atoms with Crippen molar-refractivity contribution in [3.05, 3.63) is 294 Å². The molecule has 30 heteroatoms. The first kappa shape index (κ1) is 87.9. The van der Waals surface area contributed by atoms with Crippen molar-refractivity contribution in [1.82, 2.24) is 30.2 Å². The molecule has 119 heavy (non-hydrogen) atoms. The number of nitrogens with one attached hydrogen (secondary N) is 5. The van der Waals surface area contributed by atoms with Crippen LogP contribution in [0.1, 0.15) is 48.6 Å². The molecule has 620 valence electrons. The number of phenolic OH excluding ortho intramolecular Hbond substituents is 1. The molecular weight excluding hydrogens is 1570 g/mol. The number of nitrogens with two attached hydrogens (primary N) is 1. The maximum Gasteiger partial charge on any atom is 0.407 e. The van der Waals surface area contributed by atoms with Gasteiger partial charge >= 0.3 is 6.09 Å². The Labute approximate surface area is 691 Å². The number of anilines is 4. The number of ether oxygens (including phenoxy) is 5. The van der Waals surface area contributed by atoms with Gasteiger partial charge in [-0.25, -0.2) is 13.6 Å². The molecule has 0 fully saturated rings. The Bertz CT molecular complexity index is 5830. The molecule has 0 bridgehead atoms. The topological polar surface area (TPSA) is 354 Å². The van der Waals surface area contributed by atoms with E-state index in [1.807, 2.05) is 97.9 Å². The lowest BCUT2D eigenvalue weighted by Crippen LogP contribution is -2.34. The normalized spacial score (nSPS) is 11.3. The van der Waals surface area contributed by atoms with Gasteiger partial charge in [0.1, 0.15) is 75.1 Å². The summed E-state index contributed by atoms with van der Waals surface area (Å²) in [5.74, 6) is 2.76. The third kappa shape index (κ3) is 29.3. The number of fused-ring (bicyclic) bond motifs is 5. The van der Waals surface area contributed by atoms with Crippen molar-refractivity contribution >= 4 is 107 Å². The zero-order valence-corrected chi connectivity index (χ0v) is 67.8. The lowest BCUT2D eigenvalue weighted by molar-refractivity contribution is 0.0531. The number of aromatic hydroxyl groups is 1. The van der Waals surface area contributed by atoms with Gasteiger partial charge in [0.2, 0.25) is 0 Å². The van der Waals surface area contributed by atoms with E-state index in [4.69, 9.17) is 67.7 Å². The summed E-state index contributed by atoms with van der Waals surface area (Å²) in [6.45, 7) is 10.2. The monoisotopic (exact) mass is 1660 g/mol. The number of rotatable bonds is 28. The fourth-order valence-corrected chi connectivity index (χ4v) is 11.5. The SMILES string of the molecule is CC(C)(C)OC(=O)NC/C(=C\F)COc1ccc2nc(NCCc3ccccc3)oc2c1.COc1ccc2nc(Cl)oc2c1.COc1ccc2nc(NCCc3ccccc3)oc2c1.Cc1ccc(S(=O)(=O)O)cc1.NC/C(=C\F)COc1ccc2nc(NCCc3ccccc3)oc2c1.Oc1ccc2nc(NCCc3ccccc3)oc2c1. The van der Waals surface area contributed by atoms with Crippen molar-refractivity contribution in [2.24, 2.45) is 5.73 Å². The zero-order chi connectivity index (χ0) is 84.4. The summed E-state index contributed by atoms with van der Waals surface area (Å²) in [7, 11) is -0.788. The van der Waals surface area contributed by atoms with Crippen LogP contribution in [0, 0.1) is 6.92 Å². The molecule has 0 spiro atoms.